The van der Waals surface area contributed by atoms with E-state index in [0.29, 0.717) is 17.6 Å². The van der Waals surface area contributed by atoms with Gasteiger partial charge in [0.05, 0.1) is 6.54 Å². The Bertz CT molecular complexity index is 716. The van der Waals surface area contributed by atoms with Crippen LogP contribution in [-0.2, 0) is 16.0 Å². The smallest absolute Gasteiger partial charge is 0.423 e. The van der Waals surface area contributed by atoms with Crippen LogP contribution in [0.3, 0.4) is 0 Å². The van der Waals surface area contributed by atoms with Gasteiger partial charge in [0.2, 0.25) is 5.91 Å². The molecule has 5 nitrogen and oxygen atoms in total. The first-order valence-electron chi connectivity index (χ1n) is 8.40. The van der Waals surface area contributed by atoms with E-state index in [-0.39, 0.29) is 18.2 Å². The van der Waals surface area contributed by atoms with Crippen LogP contribution < -0.4 is 10.4 Å². The lowest BCUT2D eigenvalue weighted by atomic mass is 9.80. The molecule has 25 heavy (non-hydrogen) atoms. The third-order valence-electron chi connectivity index (χ3n) is 4.05. The van der Waals surface area contributed by atoms with Gasteiger partial charge in [-0.05, 0) is 29.6 Å². The topological polar surface area (TPSA) is 77.8 Å². The molecule has 0 spiro atoms. The Kier molecular flexibility index (Phi) is 6.50. The maximum Gasteiger partial charge on any atom is 0.488 e. The zero-order valence-electron chi connectivity index (χ0n) is 14.4. The monoisotopic (exact) mass is 339 g/mol. The third-order valence-corrected chi connectivity index (χ3v) is 4.05. The molecule has 1 saturated heterocycles. The van der Waals surface area contributed by atoms with Crippen LogP contribution in [0.15, 0.2) is 54.6 Å². The highest BCUT2D eigenvalue weighted by atomic mass is 16.4. The van der Waals surface area contributed by atoms with E-state index in [1.54, 1.807) is 12.1 Å². The first-order valence-corrected chi connectivity index (χ1v) is 8.40. The van der Waals surface area contributed by atoms with E-state index in [1.165, 1.54) is 17.0 Å². The number of hydrogen-bond acceptors (Lipinski definition) is 4. The van der Waals surface area contributed by atoms with Crippen molar-refractivity contribution in [2.45, 2.75) is 20.3 Å². The van der Waals surface area contributed by atoms with E-state index >= 15 is 0 Å². The molecule has 2 aromatic rings. The molecule has 1 atom stereocenters. The Labute approximate surface area is 148 Å². The molecule has 1 unspecified atom stereocenters. The molecule has 1 aliphatic rings. The Morgan fingerprint density at radius 2 is 1.60 bits per heavy atom. The van der Waals surface area contributed by atoms with Crippen molar-refractivity contribution in [3.63, 3.8) is 0 Å². The Hall–Kier alpha value is -2.44. The standard InChI is InChI=1S/C17H16BNO4.C2H6/c20-16-11-19(14-8-6-13(7-9-14)18(22)23)17(21)15(16)10-12-4-2-1-3-5-12;1-2/h1-9,15,22-23H,10-11H2;1-2H3. The fraction of sp³-hybridized carbons (Fsp3) is 0.263. The second-order valence-corrected chi connectivity index (χ2v) is 5.60. The second kappa shape index (κ2) is 8.60. The minimum atomic E-state index is -1.55. The summed E-state index contributed by atoms with van der Waals surface area (Å²) in [5, 5.41) is 18.2. The van der Waals surface area contributed by atoms with Gasteiger partial charge in [-0.15, -0.1) is 0 Å². The molecule has 0 radical (unpaired) electrons. The molecular formula is C19H22BNO4. The molecule has 130 valence electrons. The van der Waals surface area contributed by atoms with Crippen molar-refractivity contribution >= 4 is 30.0 Å². The fourth-order valence-corrected chi connectivity index (χ4v) is 2.77. The minimum Gasteiger partial charge on any atom is -0.423 e. The number of rotatable bonds is 4. The molecule has 2 aromatic carbocycles. The number of hydrogen-bond donors (Lipinski definition) is 2. The van der Waals surface area contributed by atoms with Crippen LogP contribution in [0.2, 0.25) is 0 Å². The quantitative estimate of drug-likeness (QED) is 0.648. The predicted molar refractivity (Wildman–Crippen MR) is 98.6 cm³/mol. The van der Waals surface area contributed by atoms with Crippen LogP contribution in [-0.4, -0.2) is 35.4 Å². The van der Waals surface area contributed by atoms with E-state index in [4.69, 9.17) is 10.0 Å². The van der Waals surface area contributed by atoms with Gasteiger partial charge in [0.25, 0.3) is 0 Å². The maximum absolute atomic E-state index is 12.5. The minimum absolute atomic E-state index is 0.0529. The second-order valence-electron chi connectivity index (χ2n) is 5.60. The van der Waals surface area contributed by atoms with Crippen molar-refractivity contribution in [3.8, 4) is 0 Å². The summed E-state index contributed by atoms with van der Waals surface area (Å²) < 4.78 is 0. The Balaban J connectivity index is 0.00000109. The fourth-order valence-electron chi connectivity index (χ4n) is 2.77. The number of benzene rings is 2. The summed E-state index contributed by atoms with van der Waals surface area (Å²) in [6.45, 7) is 4.05. The summed E-state index contributed by atoms with van der Waals surface area (Å²) in [5.74, 6) is -0.957. The largest absolute Gasteiger partial charge is 0.488 e. The predicted octanol–water partition coefficient (Wildman–Crippen LogP) is 1.17. The number of amides is 1. The molecule has 2 N–H and O–H groups in total. The van der Waals surface area contributed by atoms with E-state index < -0.39 is 13.0 Å². The van der Waals surface area contributed by atoms with Gasteiger partial charge < -0.3 is 14.9 Å². The van der Waals surface area contributed by atoms with Gasteiger partial charge in [-0.1, -0.05) is 56.3 Å². The molecular weight excluding hydrogens is 317 g/mol. The van der Waals surface area contributed by atoms with Gasteiger partial charge in [-0.2, -0.15) is 0 Å². The van der Waals surface area contributed by atoms with Gasteiger partial charge in [0.1, 0.15) is 5.92 Å². The molecule has 0 aliphatic carbocycles. The summed E-state index contributed by atoms with van der Waals surface area (Å²) in [4.78, 5) is 26.2. The number of ketones is 1. The first kappa shape index (κ1) is 18.9. The van der Waals surface area contributed by atoms with E-state index in [0.717, 1.165) is 5.56 Å². The zero-order chi connectivity index (χ0) is 18.4. The highest BCUT2D eigenvalue weighted by molar-refractivity contribution is 6.58. The number of carbonyl (C=O) groups is 2. The SMILES string of the molecule is CC.O=C1CN(c2ccc(B(O)O)cc2)C(=O)C1Cc1ccccc1. The van der Waals surface area contributed by atoms with Crippen LogP contribution in [0.4, 0.5) is 5.69 Å². The van der Waals surface area contributed by atoms with E-state index in [1.807, 2.05) is 44.2 Å². The average Bonchev–Trinajstić information content (AvgIpc) is 2.92. The van der Waals surface area contributed by atoms with Crippen molar-refractivity contribution < 1.29 is 19.6 Å². The van der Waals surface area contributed by atoms with Crippen molar-refractivity contribution in [3.05, 3.63) is 60.2 Å². The highest BCUT2D eigenvalue weighted by Crippen LogP contribution is 2.25. The number of Topliss-reactive ketones (excluding diaryl/α,β-unsaturated/α-hetero) is 1. The molecule has 3 rings (SSSR count). The molecule has 1 heterocycles. The molecule has 6 heteroatoms. The van der Waals surface area contributed by atoms with Gasteiger partial charge in [0, 0.05) is 5.69 Å². The molecule has 1 fully saturated rings. The van der Waals surface area contributed by atoms with Gasteiger partial charge >= 0.3 is 7.12 Å². The molecule has 0 bridgehead atoms. The summed E-state index contributed by atoms with van der Waals surface area (Å²) >= 11 is 0. The van der Waals surface area contributed by atoms with Crippen molar-refractivity contribution in [1.29, 1.82) is 0 Å². The van der Waals surface area contributed by atoms with Crippen molar-refractivity contribution in [1.82, 2.24) is 0 Å². The lowest BCUT2D eigenvalue weighted by Crippen LogP contribution is -2.31. The van der Waals surface area contributed by atoms with Gasteiger partial charge in [-0.25, -0.2) is 0 Å². The lowest BCUT2D eigenvalue weighted by Gasteiger charge is -2.16. The lowest BCUT2D eigenvalue weighted by molar-refractivity contribution is -0.126. The van der Waals surface area contributed by atoms with Crippen LogP contribution in [0.5, 0.6) is 0 Å². The maximum atomic E-state index is 12.5. The summed E-state index contributed by atoms with van der Waals surface area (Å²) in [6.07, 6.45) is 0.405. The molecule has 0 aromatic heterocycles. The number of anilines is 1. The van der Waals surface area contributed by atoms with Crippen molar-refractivity contribution in [2.75, 3.05) is 11.4 Å². The Morgan fingerprint density at radius 3 is 2.16 bits per heavy atom. The van der Waals surface area contributed by atoms with Crippen LogP contribution in [0.1, 0.15) is 19.4 Å². The first-order chi connectivity index (χ1) is 12.1. The van der Waals surface area contributed by atoms with Gasteiger partial charge in [0.15, 0.2) is 5.78 Å². The van der Waals surface area contributed by atoms with Crippen LogP contribution >= 0.6 is 0 Å². The molecule has 0 saturated carbocycles. The Morgan fingerprint density at radius 1 is 1.00 bits per heavy atom. The zero-order valence-corrected chi connectivity index (χ0v) is 14.4. The summed E-state index contributed by atoms with van der Waals surface area (Å²) in [6, 6.07) is 15.8. The van der Waals surface area contributed by atoms with E-state index in [2.05, 4.69) is 0 Å². The molecule has 1 aliphatic heterocycles. The third kappa shape index (κ3) is 4.35. The summed E-state index contributed by atoms with van der Waals surface area (Å²) in [7, 11) is -1.55. The normalized spacial score (nSPS) is 16.5. The van der Waals surface area contributed by atoms with Gasteiger partial charge in [-0.3, -0.25) is 9.59 Å². The van der Waals surface area contributed by atoms with Crippen molar-refractivity contribution in [2.24, 2.45) is 5.92 Å². The highest BCUT2D eigenvalue weighted by Gasteiger charge is 2.39. The van der Waals surface area contributed by atoms with Crippen LogP contribution in [0, 0.1) is 5.92 Å². The van der Waals surface area contributed by atoms with Crippen LogP contribution in [0.25, 0.3) is 0 Å². The number of carbonyl (C=O) groups excluding carboxylic acids is 2. The average molecular weight is 339 g/mol. The molecule has 1 amide bonds. The summed E-state index contributed by atoms with van der Waals surface area (Å²) in [5.41, 5.74) is 1.88. The number of nitrogens with zero attached hydrogens (tertiary/aromatic N) is 1. The van der Waals surface area contributed by atoms with E-state index in [9.17, 15) is 9.59 Å².